The number of rotatable bonds is 6. The molecule has 0 saturated carbocycles. The van der Waals surface area contributed by atoms with E-state index in [2.05, 4.69) is 17.2 Å². The van der Waals surface area contributed by atoms with Crippen molar-refractivity contribution >= 4 is 28.0 Å². The molecule has 0 aliphatic heterocycles. The van der Waals surface area contributed by atoms with Gasteiger partial charge >= 0.3 is 0 Å². The maximum absolute atomic E-state index is 11.8. The molecule has 1 amide bonds. The van der Waals surface area contributed by atoms with Crippen LogP contribution in [0.1, 0.15) is 28.1 Å². The van der Waals surface area contributed by atoms with Crippen LogP contribution in [0, 0.1) is 11.8 Å². The van der Waals surface area contributed by atoms with Gasteiger partial charge < -0.3 is 10.4 Å². The minimum absolute atomic E-state index is 0.0461. The van der Waals surface area contributed by atoms with Crippen LogP contribution >= 0.6 is 11.3 Å². The van der Waals surface area contributed by atoms with E-state index in [1.807, 2.05) is 0 Å². The number of thiophene rings is 1. The SMILES string of the molecule is CS(=O)CCCNC(=O)c1csc(C#CCCO)c1. The van der Waals surface area contributed by atoms with E-state index in [0.29, 0.717) is 30.7 Å². The third-order valence-electron chi connectivity index (χ3n) is 2.20. The number of carbonyl (C=O) groups is 1. The van der Waals surface area contributed by atoms with Crippen LogP contribution in [0.25, 0.3) is 0 Å². The molecule has 19 heavy (non-hydrogen) atoms. The molecular formula is C13H17NO3S2. The first-order valence-corrected chi connectivity index (χ1v) is 8.50. The molecule has 0 aliphatic carbocycles. The van der Waals surface area contributed by atoms with E-state index in [4.69, 9.17) is 5.11 Å². The topological polar surface area (TPSA) is 66.4 Å². The summed E-state index contributed by atoms with van der Waals surface area (Å²) in [5.41, 5.74) is 0.593. The average Bonchev–Trinajstić information content (AvgIpc) is 2.83. The number of carbonyl (C=O) groups excluding carboxylic acids is 1. The van der Waals surface area contributed by atoms with E-state index in [-0.39, 0.29) is 12.5 Å². The van der Waals surface area contributed by atoms with Gasteiger partial charge in [-0.25, -0.2) is 0 Å². The van der Waals surface area contributed by atoms with Gasteiger partial charge in [0.1, 0.15) is 0 Å². The highest BCUT2D eigenvalue weighted by molar-refractivity contribution is 7.84. The monoisotopic (exact) mass is 299 g/mol. The van der Waals surface area contributed by atoms with E-state index in [9.17, 15) is 9.00 Å². The largest absolute Gasteiger partial charge is 0.395 e. The molecule has 1 heterocycles. The molecule has 2 N–H and O–H groups in total. The Kier molecular flexibility index (Phi) is 7.41. The fourth-order valence-electron chi connectivity index (χ4n) is 1.31. The third kappa shape index (κ3) is 6.53. The van der Waals surface area contributed by atoms with Gasteiger partial charge in [-0.05, 0) is 12.5 Å². The Balaban J connectivity index is 2.41. The summed E-state index contributed by atoms with van der Waals surface area (Å²) in [4.78, 5) is 12.6. The second kappa shape index (κ2) is 8.86. The van der Waals surface area contributed by atoms with E-state index >= 15 is 0 Å². The summed E-state index contributed by atoms with van der Waals surface area (Å²) >= 11 is 1.41. The second-order valence-electron chi connectivity index (χ2n) is 3.86. The molecule has 0 aliphatic rings. The molecule has 1 unspecified atom stereocenters. The van der Waals surface area contributed by atoms with Crippen molar-refractivity contribution in [1.29, 1.82) is 0 Å². The lowest BCUT2D eigenvalue weighted by atomic mass is 10.3. The smallest absolute Gasteiger partial charge is 0.252 e. The Morgan fingerprint density at radius 2 is 2.37 bits per heavy atom. The Labute approximate surface area is 119 Å². The number of nitrogens with one attached hydrogen (secondary N) is 1. The fourth-order valence-corrected chi connectivity index (χ4v) is 2.61. The molecule has 0 aromatic carbocycles. The van der Waals surface area contributed by atoms with E-state index in [1.54, 1.807) is 17.7 Å². The van der Waals surface area contributed by atoms with Crippen molar-refractivity contribution in [2.24, 2.45) is 0 Å². The molecule has 0 radical (unpaired) electrons. The van der Waals surface area contributed by atoms with E-state index < -0.39 is 10.8 Å². The highest BCUT2D eigenvalue weighted by Crippen LogP contribution is 2.13. The van der Waals surface area contributed by atoms with E-state index in [1.165, 1.54) is 11.3 Å². The highest BCUT2D eigenvalue weighted by atomic mass is 32.2. The van der Waals surface area contributed by atoms with Gasteiger partial charge in [-0.15, -0.1) is 11.3 Å². The number of aliphatic hydroxyl groups is 1. The molecule has 104 valence electrons. The summed E-state index contributed by atoms with van der Waals surface area (Å²) in [5, 5.41) is 13.2. The minimum atomic E-state index is -0.813. The molecular weight excluding hydrogens is 282 g/mol. The van der Waals surface area contributed by atoms with Gasteiger partial charge in [0.15, 0.2) is 0 Å². The van der Waals surface area contributed by atoms with Crippen molar-refractivity contribution in [3.8, 4) is 11.8 Å². The van der Waals surface area contributed by atoms with Crippen molar-refractivity contribution in [2.45, 2.75) is 12.8 Å². The standard InChI is InChI=1S/C13H17NO3S2/c1-19(17)8-4-6-14-13(16)11-9-12(18-10-11)5-2-3-7-15/h9-10,15H,3-4,6-8H2,1H3,(H,14,16). The van der Waals surface area contributed by atoms with Crippen LogP contribution < -0.4 is 5.32 Å². The van der Waals surface area contributed by atoms with Crippen molar-refractivity contribution in [2.75, 3.05) is 25.2 Å². The van der Waals surface area contributed by atoms with Crippen LogP contribution in [0.5, 0.6) is 0 Å². The maximum atomic E-state index is 11.8. The molecule has 0 saturated heterocycles. The minimum Gasteiger partial charge on any atom is -0.395 e. The Morgan fingerprint density at radius 3 is 3.05 bits per heavy atom. The lowest BCUT2D eigenvalue weighted by molar-refractivity contribution is 0.0954. The van der Waals surface area contributed by atoms with Crippen LogP contribution in [0.15, 0.2) is 11.4 Å². The van der Waals surface area contributed by atoms with Gasteiger partial charge in [-0.2, -0.15) is 0 Å². The van der Waals surface area contributed by atoms with Gasteiger partial charge in [0.05, 0.1) is 17.0 Å². The highest BCUT2D eigenvalue weighted by Gasteiger charge is 2.07. The van der Waals surface area contributed by atoms with E-state index in [0.717, 1.165) is 4.88 Å². The number of amides is 1. The first-order chi connectivity index (χ1) is 9.13. The molecule has 1 aromatic rings. The maximum Gasteiger partial charge on any atom is 0.252 e. The van der Waals surface area contributed by atoms with Crippen molar-refractivity contribution in [3.63, 3.8) is 0 Å². The van der Waals surface area contributed by atoms with Crippen LogP contribution in [0.4, 0.5) is 0 Å². The predicted octanol–water partition coefficient (Wildman–Crippen LogP) is 0.980. The molecule has 1 aromatic heterocycles. The van der Waals surface area contributed by atoms with Gasteiger partial charge in [0, 0.05) is 41.2 Å². The zero-order chi connectivity index (χ0) is 14.1. The molecule has 0 fully saturated rings. The average molecular weight is 299 g/mol. The first kappa shape index (κ1) is 15.9. The lowest BCUT2D eigenvalue weighted by Gasteiger charge is -2.01. The summed E-state index contributed by atoms with van der Waals surface area (Å²) in [6, 6.07) is 1.74. The first-order valence-electron chi connectivity index (χ1n) is 5.90. The molecule has 6 heteroatoms. The third-order valence-corrected chi connectivity index (χ3v) is 3.91. The summed E-state index contributed by atoms with van der Waals surface area (Å²) in [6.45, 7) is 0.574. The zero-order valence-electron chi connectivity index (χ0n) is 10.8. The number of hydrogen-bond acceptors (Lipinski definition) is 4. The van der Waals surface area contributed by atoms with Crippen molar-refractivity contribution in [3.05, 3.63) is 21.9 Å². The Bertz CT molecular complexity index is 499. The van der Waals surface area contributed by atoms with Crippen LogP contribution in [0.2, 0.25) is 0 Å². The Morgan fingerprint density at radius 1 is 1.58 bits per heavy atom. The summed E-state index contributed by atoms with van der Waals surface area (Å²) in [5.74, 6) is 6.17. The zero-order valence-corrected chi connectivity index (χ0v) is 12.4. The molecule has 1 atom stereocenters. The van der Waals surface area contributed by atoms with Crippen LogP contribution in [-0.2, 0) is 10.8 Å². The summed E-state index contributed by atoms with van der Waals surface area (Å²) in [6.07, 6.45) is 2.80. The molecule has 0 spiro atoms. The van der Waals surface area contributed by atoms with Crippen LogP contribution in [-0.4, -0.2) is 40.4 Å². The lowest BCUT2D eigenvalue weighted by Crippen LogP contribution is -2.24. The van der Waals surface area contributed by atoms with Crippen molar-refractivity contribution < 1.29 is 14.1 Å². The van der Waals surface area contributed by atoms with Gasteiger partial charge in [-0.3, -0.25) is 9.00 Å². The van der Waals surface area contributed by atoms with Crippen molar-refractivity contribution in [1.82, 2.24) is 5.32 Å². The van der Waals surface area contributed by atoms with Gasteiger partial charge in [-0.1, -0.05) is 11.8 Å². The predicted molar refractivity (Wildman–Crippen MR) is 78.8 cm³/mol. The van der Waals surface area contributed by atoms with Crippen LogP contribution in [0.3, 0.4) is 0 Å². The van der Waals surface area contributed by atoms with Gasteiger partial charge in [0.25, 0.3) is 5.91 Å². The fraction of sp³-hybridized carbons (Fsp3) is 0.462. The molecule has 1 rings (SSSR count). The quantitative estimate of drug-likeness (QED) is 0.608. The van der Waals surface area contributed by atoms with Gasteiger partial charge in [0.2, 0.25) is 0 Å². The Hall–Kier alpha value is -1.16. The summed E-state index contributed by atoms with van der Waals surface area (Å²) in [7, 11) is -0.813. The second-order valence-corrected chi connectivity index (χ2v) is 6.33. The normalized spacial score (nSPS) is 11.5. The number of aliphatic hydroxyl groups excluding tert-OH is 1. The number of hydrogen-bond donors (Lipinski definition) is 2. The molecule has 0 bridgehead atoms. The summed E-state index contributed by atoms with van der Waals surface area (Å²) < 4.78 is 10.9. The molecule has 4 nitrogen and oxygen atoms in total.